The highest BCUT2D eigenvalue weighted by Gasteiger charge is 2.34. The van der Waals surface area contributed by atoms with Crippen molar-refractivity contribution >= 4 is 15.7 Å². The van der Waals surface area contributed by atoms with Gasteiger partial charge in [-0.15, -0.1) is 0 Å². The highest BCUT2D eigenvalue weighted by atomic mass is 32.2. The number of halogens is 1. The second kappa shape index (κ2) is 8.72. The maximum absolute atomic E-state index is 13.3. The van der Waals surface area contributed by atoms with Crippen LogP contribution >= 0.6 is 0 Å². The van der Waals surface area contributed by atoms with E-state index in [0.29, 0.717) is 6.54 Å². The number of benzene rings is 1. The molecule has 1 amide bonds. The number of rotatable bonds is 7. The van der Waals surface area contributed by atoms with Gasteiger partial charge in [0.2, 0.25) is 5.91 Å². The minimum absolute atomic E-state index is 0.0261. The van der Waals surface area contributed by atoms with Crippen molar-refractivity contribution in [1.82, 2.24) is 5.32 Å². The quantitative estimate of drug-likeness (QED) is 0.762. The van der Waals surface area contributed by atoms with Crippen LogP contribution in [0.15, 0.2) is 24.3 Å². The van der Waals surface area contributed by atoms with Crippen LogP contribution in [-0.4, -0.2) is 31.9 Å². The lowest BCUT2D eigenvalue weighted by molar-refractivity contribution is -0.121. The predicted molar refractivity (Wildman–Crippen MR) is 105 cm³/mol. The predicted octanol–water partition coefficient (Wildman–Crippen LogP) is 3.89. The molecule has 6 heteroatoms. The molecule has 0 saturated heterocycles. The lowest BCUT2D eigenvalue weighted by Crippen LogP contribution is -2.42. The van der Waals surface area contributed by atoms with Crippen molar-refractivity contribution in [2.75, 3.05) is 12.3 Å². The smallest absolute Gasteiger partial charge is 0.221 e. The highest BCUT2D eigenvalue weighted by Crippen LogP contribution is 2.39. The summed E-state index contributed by atoms with van der Waals surface area (Å²) in [5.41, 5.74) is 0.883. The Labute approximate surface area is 161 Å². The van der Waals surface area contributed by atoms with Crippen LogP contribution in [-0.2, 0) is 20.0 Å². The molecule has 0 atom stereocenters. The van der Waals surface area contributed by atoms with Gasteiger partial charge in [0.05, 0.1) is 11.0 Å². The van der Waals surface area contributed by atoms with Gasteiger partial charge in [0.1, 0.15) is 5.82 Å². The van der Waals surface area contributed by atoms with Crippen molar-refractivity contribution in [3.8, 4) is 0 Å². The minimum Gasteiger partial charge on any atom is -0.355 e. The number of amides is 1. The lowest BCUT2D eigenvalue weighted by Gasteiger charge is -2.38. The number of carbonyl (C=O) groups is 1. The van der Waals surface area contributed by atoms with Gasteiger partial charge in [0.25, 0.3) is 0 Å². The van der Waals surface area contributed by atoms with Gasteiger partial charge in [-0.2, -0.15) is 0 Å². The number of hydrogen-bond donors (Lipinski definition) is 1. The highest BCUT2D eigenvalue weighted by molar-refractivity contribution is 7.92. The molecule has 3 rings (SSSR count). The van der Waals surface area contributed by atoms with Crippen molar-refractivity contribution in [3.05, 3.63) is 35.6 Å². The molecule has 0 radical (unpaired) electrons. The van der Waals surface area contributed by atoms with Gasteiger partial charge in [0.15, 0.2) is 9.84 Å². The average molecular weight is 396 g/mol. The third kappa shape index (κ3) is 5.09. The normalized spacial score (nSPS) is 20.5. The molecule has 1 N–H and O–H groups in total. The molecule has 150 valence electrons. The van der Waals surface area contributed by atoms with Crippen LogP contribution in [0.1, 0.15) is 69.8 Å². The molecule has 2 saturated carbocycles. The first-order valence-electron chi connectivity index (χ1n) is 10.2. The van der Waals surface area contributed by atoms with Gasteiger partial charge < -0.3 is 5.32 Å². The average Bonchev–Trinajstić information content (AvgIpc) is 3.22. The molecule has 2 aliphatic carbocycles. The van der Waals surface area contributed by atoms with E-state index >= 15 is 0 Å². The van der Waals surface area contributed by atoms with Gasteiger partial charge in [-0.25, -0.2) is 12.8 Å². The van der Waals surface area contributed by atoms with E-state index in [2.05, 4.69) is 5.32 Å². The van der Waals surface area contributed by atoms with E-state index in [0.717, 1.165) is 56.9 Å². The fraction of sp³-hybridized carbons (Fsp3) is 0.667. The Bertz CT molecular complexity index is 733. The SMILES string of the molecule is O=C(CCS(=O)(=O)C1CCCC1)NCC1(c2ccc(F)cc2)CCCCC1. The van der Waals surface area contributed by atoms with Crippen LogP contribution in [0, 0.1) is 5.82 Å². The maximum atomic E-state index is 13.3. The van der Waals surface area contributed by atoms with Gasteiger partial charge in [-0.3, -0.25) is 4.79 Å². The van der Waals surface area contributed by atoms with Crippen molar-refractivity contribution in [2.24, 2.45) is 0 Å². The Hall–Kier alpha value is -1.43. The zero-order valence-corrected chi connectivity index (χ0v) is 16.7. The summed E-state index contributed by atoms with van der Waals surface area (Å²) in [6, 6.07) is 6.58. The summed E-state index contributed by atoms with van der Waals surface area (Å²) < 4.78 is 38.0. The minimum atomic E-state index is -3.17. The van der Waals surface area contributed by atoms with E-state index in [-0.39, 0.29) is 34.6 Å². The van der Waals surface area contributed by atoms with E-state index in [1.807, 2.05) is 12.1 Å². The molecular formula is C21H30FNO3S. The van der Waals surface area contributed by atoms with Gasteiger partial charge in [0, 0.05) is 18.4 Å². The third-order valence-corrected chi connectivity index (χ3v) is 8.58. The molecular weight excluding hydrogens is 365 g/mol. The number of sulfone groups is 1. The molecule has 0 spiro atoms. The number of nitrogens with one attached hydrogen (secondary N) is 1. The van der Waals surface area contributed by atoms with Gasteiger partial charge >= 0.3 is 0 Å². The van der Waals surface area contributed by atoms with Gasteiger partial charge in [-0.1, -0.05) is 44.2 Å². The second-order valence-electron chi connectivity index (χ2n) is 8.15. The zero-order chi connectivity index (χ0) is 19.3. The van der Waals surface area contributed by atoms with Crippen molar-refractivity contribution < 1.29 is 17.6 Å². The Morgan fingerprint density at radius 1 is 1.04 bits per heavy atom. The van der Waals surface area contributed by atoms with Crippen LogP contribution in [0.3, 0.4) is 0 Å². The standard InChI is InChI=1S/C21H30FNO3S/c22-18-10-8-17(9-11-18)21(13-4-1-5-14-21)16-23-20(24)12-15-27(25,26)19-6-2-3-7-19/h8-11,19H,1-7,12-16H2,(H,23,24). The molecule has 0 heterocycles. The summed E-state index contributed by atoms with van der Waals surface area (Å²) in [5.74, 6) is -0.526. The van der Waals surface area contributed by atoms with E-state index in [9.17, 15) is 17.6 Å². The van der Waals surface area contributed by atoms with E-state index in [4.69, 9.17) is 0 Å². The lowest BCUT2D eigenvalue weighted by atomic mass is 9.69. The first kappa shape index (κ1) is 20.3. The summed E-state index contributed by atoms with van der Waals surface area (Å²) in [5, 5.41) is 2.72. The molecule has 0 aliphatic heterocycles. The molecule has 4 nitrogen and oxygen atoms in total. The molecule has 2 aliphatic rings. The zero-order valence-electron chi connectivity index (χ0n) is 15.9. The molecule has 1 aromatic rings. The molecule has 0 aromatic heterocycles. The van der Waals surface area contributed by atoms with Crippen molar-refractivity contribution in [2.45, 2.75) is 74.9 Å². The maximum Gasteiger partial charge on any atom is 0.221 e. The second-order valence-corrected chi connectivity index (χ2v) is 10.5. The summed E-state index contributed by atoms with van der Waals surface area (Å²) in [6.45, 7) is 0.487. The summed E-state index contributed by atoms with van der Waals surface area (Å²) in [7, 11) is -3.17. The summed E-state index contributed by atoms with van der Waals surface area (Å²) >= 11 is 0. The molecule has 0 unspecified atom stereocenters. The Morgan fingerprint density at radius 2 is 1.67 bits per heavy atom. The summed E-state index contributed by atoms with van der Waals surface area (Å²) in [4.78, 5) is 12.3. The number of carbonyl (C=O) groups excluding carboxylic acids is 1. The van der Waals surface area contributed by atoms with Crippen LogP contribution in [0.2, 0.25) is 0 Å². The first-order chi connectivity index (χ1) is 12.9. The topological polar surface area (TPSA) is 63.2 Å². The summed E-state index contributed by atoms with van der Waals surface area (Å²) in [6.07, 6.45) is 8.70. The molecule has 2 fully saturated rings. The number of hydrogen-bond acceptors (Lipinski definition) is 3. The fourth-order valence-electron chi connectivity index (χ4n) is 4.60. The largest absolute Gasteiger partial charge is 0.355 e. The first-order valence-corrected chi connectivity index (χ1v) is 11.9. The van der Waals surface area contributed by atoms with E-state index in [1.165, 1.54) is 18.6 Å². The Balaban J connectivity index is 1.58. The Morgan fingerprint density at radius 3 is 2.30 bits per heavy atom. The van der Waals surface area contributed by atoms with E-state index < -0.39 is 9.84 Å². The van der Waals surface area contributed by atoms with Gasteiger partial charge in [-0.05, 0) is 43.4 Å². The van der Waals surface area contributed by atoms with Crippen LogP contribution < -0.4 is 5.32 Å². The van der Waals surface area contributed by atoms with Crippen LogP contribution in [0.4, 0.5) is 4.39 Å². The van der Waals surface area contributed by atoms with Crippen LogP contribution in [0.25, 0.3) is 0 Å². The van der Waals surface area contributed by atoms with E-state index in [1.54, 1.807) is 0 Å². The van der Waals surface area contributed by atoms with Crippen molar-refractivity contribution in [1.29, 1.82) is 0 Å². The monoisotopic (exact) mass is 395 g/mol. The molecule has 0 bridgehead atoms. The molecule has 27 heavy (non-hydrogen) atoms. The van der Waals surface area contributed by atoms with Crippen molar-refractivity contribution in [3.63, 3.8) is 0 Å². The third-order valence-electron chi connectivity index (χ3n) is 6.31. The molecule has 1 aromatic carbocycles. The van der Waals surface area contributed by atoms with Crippen LogP contribution in [0.5, 0.6) is 0 Å². The Kier molecular flexibility index (Phi) is 6.56. The fourth-order valence-corrected chi connectivity index (χ4v) is 6.46.